The van der Waals surface area contributed by atoms with E-state index in [0.717, 1.165) is 63.6 Å². The van der Waals surface area contributed by atoms with Crippen molar-refractivity contribution in [1.29, 1.82) is 0 Å². The summed E-state index contributed by atoms with van der Waals surface area (Å²) < 4.78 is 13.1. The molecule has 0 radical (unpaired) electrons. The summed E-state index contributed by atoms with van der Waals surface area (Å²) >= 11 is 0. The standard InChI is InChI=1S/C21H31N5O2.HI/c1-22-21(23-11-6-13-27-17-20-9-5-14-28-20)24-12-10-18-15-25-26(16-18)19-7-3-2-4-8-19;/h2-4,7-8,15-16,20H,5-6,9-14,17H2,1H3,(H2,22,23,24);1H. The minimum Gasteiger partial charge on any atom is -0.379 e. The van der Waals surface area contributed by atoms with Crippen LogP contribution in [0.2, 0.25) is 0 Å². The summed E-state index contributed by atoms with van der Waals surface area (Å²) in [6, 6.07) is 10.1. The van der Waals surface area contributed by atoms with Crippen LogP contribution in [0.3, 0.4) is 0 Å². The molecule has 1 atom stereocenters. The zero-order valence-electron chi connectivity index (χ0n) is 17.0. The molecule has 1 aliphatic heterocycles. The summed E-state index contributed by atoms with van der Waals surface area (Å²) in [5.41, 5.74) is 2.26. The van der Waals surface area contributed by atoms with Gasteiger partial charge in [-0.3, -0.25) is 4.99 Å². The number of para-hydroxylation sites is 1. The van der Waals surface area contributed by atoms with Crippen LogP contribution < -0.4 is 10.6 Å². The van der Waals surface area contributed by atoms with Crippen molar-refractivity contribution in [2.75, 3.05) is 40.0 Å². The zero-order chi connectivity index (χ0) is 19.4. The van der Waals surface area contributed by atoms with Gasteiger partial charge in [-0.15, -0.1) is 24.0 Å². The van der Waals surface area contributed by atoms with E-state index >= 15 is 0 Å². The van der Waals surface area contributed by atoms with E-state index in [1.54, 1.807) is 7.05 Å². The molecule has 1 unspecified atom stereocenters. The highest BCUT2D eigenvalue weighted by molar-refractivity contribution is 14.0. The lowest BCUT2D eigenvalue weighted by molar-refractivity contribution is 0.0168. The van der Waals surface area contributed by atoms with Crippen molar-refractivity contribution < 1.29 is 9.47 Å². The van der Waals surface area contributed by atoms with Crippen LogP contribution in [0.4, 0.5) is 0 Å². The number of rotatable bonds is 10. The van der Waals surface area contributed by atoms with Gasteiger partial charge in [0.2, 0.25) is 0 Å². The van der Waals surface area contributed by atoms with Crippen molar-refractivity contribution in [2.24, 2.45) is 4.99 Å². The highest BCUT2D eigenvalue weighted by Gasteiger charge is 2.14. The van der Waals surface area contributed by atoms with E-state index in [4.69, 9.17) is 9.47 Å². The van der Waals surface area contributed by atoms with Gasteiger partial charge < -0.3 is 20.1 Å². The van der Waals surface area contributed by atoms with Crippen LogP contribution in [0, 0.1) is 0 Å². The van der Waals surface area contributed by atoms with Crippen molar-refractivity contribution in [2.45, 2.75) is 31.8 Å². The number of hydrogen-bond donors (Lipinski definition) is 2. The lowest BCUT2D eigenvalue weighted by Crippen LogP contribution is -2.39. The first-order chi connectivity index (χ1) is 13.8. The van der Waals surface area contributed by atoms with Gasteiger partial charge in [-0.2, -0.15) is 5.10 Å². The Labute approximate surface area is 190 Å². The van der Waals surface area contributed by atoms with Crippen molar-refractivity contribution in [3.63, 3.8) is 0 Å². The number of guanidine groups is 1. The summed E-state index contributed by atoms with van der Waals surface area (Å²) in [7, 11) is 1.79. The lowest BCUT2D eigenvalue weighted by atomic mass is 10.2. The molecular weight excluding hydrogens is 481 g/mol. The molecule has 3 rings (SSSR count). The summed E-state index contributed by atoms with van der Waals surface area (Å²) in [6.07, 6.45) is 8.39. The predicted octanol–water partition coefficient (Wildman–Crippen LogP) is 2.78. The monoisotopic (exact) mass is 513 g/mol. The first kappa shape index (κ1) is 23.6. The van der Waals surface area contributed by atoms with Gasteiger partial charge in [0.1, 0.15) is 0 Å². The number of halogens is 1. The second kappa shape index (κ2) is 13.6. The molecule has 0 bridgehead atoms. The maximum Gasteiger partial charge on any atom is 0.190 e. The lowest BCUT2D eigenvalue weighted by Gasteiger charge is -2.12. The quantitative estimate of drug-likeness (QED) is 0.221. The summed E-state index contributed by atoms with van der Waals surface area (Å²) in [5.74, 6) is 0.814. The molecule has 0 amide bonds. The van der Waals surface area contributed by atoms with Crippen LogP contribution in [-0.4, -0.2) is 61.8 Å². The van der Waals surface area contributed by atoms with Gasteiger partial charge in [0.25, 0.3) is 0 Å². The van der Waals surface area contributed by atoms with Crippen molar-refractivity contribution >= 4 is 29.9 Å². The van der Waals surface area contributed by atoms with Crippen LogP contribution in [-0.2, 0) is 15.9 Å². The van der Waals surface area contributed by atoms with Gasteiger partial charge >= 0.3 is 0 Å². The minimum absolute atomic E-state index is 0. The fourth-order valence-corrected chi connectivity index (χ4v) is 3.13. The Hall–Kier alpha value is -1.65. The molecule has 7 nitrogen and oxygen atoms in total. The van der Waals surface area contributed by atoms with Crippen LogP contribution in [0.5, 0.6) is 0 Å². The smallest absolute Gasteiger partial charge is 0.190 e. The second-order valence-corrected chi connectivity index (χ2v) is 6.87. The van der Waals surface area contributed by atoms with Crippen molar-refractivity contribution in [3.8, 4) is 5.69 Å². The van der Waals surface area contributed by atoms with Crippen LogP contribution >= 0.6 is 24.0 Å². The summed E-state index contributed by atoms with van der Waals surface area (Å²) in [4.78, 5) is 4.27. The van der Waals surface area contributed by atoms with Crippen LogP contribution in [0.25, 0.3) is 5.69 Å². The average Bonchev–Trinajstić information content (AvgIpc) is 3.42. The second-order valence-electron chi connectivity index (χ2n) is 6.87. The van der Waals surface area contributed by atoms with E-state index in [1.165, 1.54) is 5.56 Å². The fraction of sp³-hybridized carbons (Fsp3) is 0.524. The molecule has 2 heterocycles. The molecule has 2 aromatic rings. The minimum atomic E-state index is 0. The number of nitrogens with one attached hydrogen (secondary N) is 2. The third-order valence-corrected chi connectivity index (χ3v) is 4.67. The molecule has 0 spiro atoms. The molecule has 0 aliphatic carbocycles. The number of hydrogen-bond acceptors (Lipinski definition) is 4. The summed E-state index contributed by atoms with van der Waals surface area (Å²) in [6.45, 7) is 3.96. The number of aromatic nitrogens is 2. The summed E-state index contributed by atoms with van der Waals surface area (Å²) in [5, 5.41) is 11.1. The zero-order valence-corrected chi connectivity index (χ0v) is 19.4. The molecule has 160 valence electrons. The molecule has 1 fully saturated rings. The highest BCUT2D eigenvalue weighted by atomic mass is 127. The van der Waals surface area contributed by atoms with Crippen LogP contribution in [0.1, 0.15) is 24.8 Å². The van der Waals surface area contributed by atoms with E-state index in [-0.39, 0.29) is 24.0 Å². The van der Waals surface area contributed by atoms with Gasteiger partial charge in [-0.05, 0) is 43.4 Å². The third-order valence-electron chi connectivity index (χ3n) is 4.67. The Bertz CT molecular complexity index is 717. The molecule has 0 saturated carbocycles. The van der Waals surface area contributed by atoms with E-state index in [0.29, 0.717) is 12.7 Å². The molecule has 29 heavy (non-hydrogen) atoms. The SMILES string of the molecule is CN=C(NCCCOCC1CCCO1)NCCc1cnn(-c2ccccc2)c1.I. The Kier molecular flexibility index (Phi) is 11.0. The molecule has 8 heteroatoms. The number of aliphatic imine (C=N–C) groups is 1. The number of nitrogens with zero attached hydrogens (tertiary/aromatic N) is 3. The maximum absolute atomic E-state index is 5.68. The van der Waals surface area contributed by atoms with E-state index in [9.17, 15) is 0 Å². The van der Waals surface area contributed by atoms with Gasteiger partial charge in [-0.25, -0.2) is 4.68 Å². The Morgan fingerprint density at radius 1 is 1.28 bits per heavy atom. The molecular formula is C21H32IN5O2. The van der Waals surface area contributed by atoms with Gasteiger partial charge in [0.05, 0.1) is 24.6 Å². The molecule has 2 N–H and O–H groups in total. The number of ether oxygens (including phenoxy) is 2. The third kappa shape index (κ3) is 8.31. The van der Waals surface area contributed by atoms with Gasteiger partial charge in [0.15, 0.2) is 5.96 Å². The first-order valence-electron chi connectivity index (χ1n) is 10.1. The predicted molar refractivity (Wildman–Crippen MR) is 126 cm³/mol. The largest absolute Gasteiger partial charge is 0.379 e. The first-order valence-corrected chi connectivity index (χ1v) is 10.1. The molecule has 1 saturated heterocycles. The molecule has 1 aliphatic rings. The Morgan fingerprint density at radius 3 is 2.86 bits per heavy atom. The van der Waals surface area contributed by atoms with Gasteiger partial charge in [-0.1, -0.05) is 18.2 Å². The van der Waals surface area contributed by atoms with E-state index < -0.39 is 0 Å². The highest BCUT2D eigenvalue weighted by Crippen LogP contribution is 2.11. The maximum atomic E-state index is 5.68. The van der Waals surface area contributed by atoms with E-state index in [1.807, 2.05) is 41.2 Å². The molecule has 1 aromatic carbocycles. The van der Waals surface area contributed by atoms with Crippen LogP contribution in [0.15, 0.2) is 47.7 Å². The molecule has 1 aromatic heterocycles. The van der Waals surface area contributed by atoms with E-state index in [2.05, 4.69) is 26.9 Å². The Balaban J connectivity index is 0.00000300. The topological polar surface area (TPSA) is 72.7 Å². The van der Waals surface area contributed by atoms with Gasteiger partial charge in [0, 0.05) is 39.5 Å². The number of benzene rings is 1. The average molecular weight is 513 g/mol. The van der Waals surface area contributed by atoms with Crippen molar-refractivity contribution in [3.05, 3.63) is 48.3 Å². The van der Waals surface area contributed by atoms with Crippen molar-refractivity contribution in [1.82, 2.24) is 20.4 Å². The fourth-order valence-electron chi connectivity index (χ4n) is 3.13. The normalized spacial score (nSPS) is 16.4. The Morgan fingerprint density at radius 2 is 2.10 bits per heavy atom.